The Hall–Kier alpha value is -0.0800. The van der Waals surface area contributed by atoms with Crippen molar-refractivity contribution in [2.24, 2.45) is 0 Å². The van der Waals surface area contributed by atoms with Gasteiger partial charge in [0.1, 0.15) is 0 Å². The van der Waals surface area contributed by atoms with E-state index in [-0.39, 0.29) is 0 Å². The van der Waals surface area contributed by atoms with Crippen LogP contribution in [0.3, 0.4) is 0 Å². The van der Waals surface area contributed by atoms with Crippen molar-refractivity contribution in [3.63, 3.8) is 0 Å². The van der Waals surface area contributed by atoms with E-state index in [0.717, 1.165) is 18.1 Å². The Balaban J connectivity index is 2.11. The van der Waals surface area contributed by atoms with Gasteiger partial charge in [-0.3, -0.25) is 4.90 Å². The number of nitrogens with zero attached hydrogens (tertiary/aromatic N) is 1. The normalized spacial score (nSPS) is 31.5. The van der Waals surface area contributed by atoms with Crippen molar-refractivity contribution in [1.29, 1.82) is 0 Å². The predicted octanol–water partition coefficient (Wildman–Crippen LogP) is 4.34. The fraction of sp³-hybridized carbons (Fsp3) is 1.00. The van der Waals surface area contributed by atoms with Crippen LogP contribution in [0.2, 0.25) is 0 Å². The second-order valence-corrected chi connectivity index (χ2v) is 7.05. The Morgan fingerprint density at radius 1 is 0.950 bits per heavy atom. The molecule has 0 spiro atoms. The van der Waals surface area contributed by atoms with Gasteiger partial charge in [0.15, 0.2) is 0 Å². The molecule has 2 atom stereocenters. The van der Waals surface area contributed by atoms with Gasteiger partial charge in [-0.25, -0.2) is 0 Å². The Labute approximate surface area is 126 Å². The van der Waals surface area contributed by atoms with Gasteiger partial charge in [0.25, 0.3) is 0 Å². The topological polar surface area (TPSA) is 15.3 Å². The Morgan fingerprint density at radius 3 is 1.95 bits per heavy atom. The molecule has 0 saturated carbocycles. The molecule has 0 amide bonds. The van der Waals surface area contributed by atoms with Gasteiger partial charge < -0.3 is 5.32 Å². The number of fused-ring (bicyclic) bond motifs is 2. The van der Waals surface area contributed by atoms with E-state index in [0.29, 0.717) is 5.54 Å². The fourth-order valence-corrected chi connectivity index (χ4v) is 4.97. The van der Waals surface area contributed by atoms with Crippen molar-refractivity contribution in [2.75, 3.05) is 6.54 Å². The van der Waals surface area contributed by atoms with E-state index in [1.807, 2.05) is 0 Å². The first kappa shape index (κ1) is 16.3. The SMILES string of the molecule is CCCNC1CC2CCCC(C1)N2C(CC)(CC)CC. The summed E-state index contributed by atoms with van der Waals surface area (Å²) in [5, 5.41) is 3.80. The first-order chi connectivity index (χ1) is 9.70. The third-order valence-electron chi connectivity index (χ3n) is 6.18. The number of piperidine rings is 2. The van der Waals surface area contributed by atoms with Gasteiger partial charge in [-0.15, -0.1) is 0 Å². The van der Waals surface area contributed by atoms with E-state index in [2.05, 4.69) is 37.9 Å². The summed E-state index contributed by atoms with van der Waals surface area (Å²) in [7, 11) is 0. The minimum Gasteiger partial charge on any atom is -0.314 e. The highest BCUT2D eigenvalue weighted by Crippen LogP contribution is 2.42. The summed E-state index contributed by atoms with van der Waals surface area (Å²) < 4.78 is 0. The standard InChI is InChI=1S/C18H36N2/c1-5-12-19-15-13-16-10-9-11-17(14-15)20(16)18(6-2,7-3)8-4/h15-17,19H,5-14H2,1-4H3. The van der Waals surface area contributed by atoms with Crippen LogP contribution in [0.5, 0.6) is 0 Å². The maximum Gasteiger partial charge on any atom is 0.0207 e. The van der Waals surface area contributed by atoms with E-state index in [1.165, 1.54) is 64.3 Å². The highest BCUT2D eigenvalue weighted by atomic mass is 15.3. The summed E-state index contributed by atoms with van der Waals surface area (Å²) in [5.74, 6) is 0. The number of hydrogen-bond acceptors (Lipinski definition) is 2. The molecule has 0 aromatic heterocycles. The molecule has 2 aliphatic heterocycles. The van der Waals surface area contributed by atoms with Gasteiger partial charge in [-0.2, -0.15) is 0 Å². The minimum absolute atomic E-state index is 0.478. The van der Waals surface area contributed by atoms with Gasteiger partial charge in [-0.1, -0.05) is 34.1 Å². The molecule has 2 aliphatic rings. The summed E-state index contributed by atoms with van der Waals surface area (Å²) in [4.78, 5) is 2.99. The van der Waals surface area contributed by atoms with Crippen molar-refractivity contribution in [2.45, 2.75) is 109 Å². The Morgan fingerprint density at radius 2 is 1.50 bits per heavy atom. The monoisotopic (exact) mass is 280 g/mol. The first-order valence-electron chi connectivity index (χ1n) is 9.22. The molecule has 2 saturated heterocycles. The van der Waals surface area contributed by atoms with E-state index in [9.17, 15) is 0 Å². The third kappa shape index (κ3) is 3.06. The van der Waals surface area contributed by atoms with Crippen LogP contribution in [0.4, 0.5) is 0 Å². The van der Waals surface area contributed by atoms with Gasteiger partial charge in [-0.05, 0) is 57.9 Å². The zero-order valence-corrected chi connectivity index (χ0v) is 14.3. The van der Waals surface area contributed by atoms with Gasteiger partial charge in [0.2, 0.25) is 0 Å². The highest BCUT2D eigenvalue weighted by molar-refractivity contribution is 5.02. The van der Waals surface area contributed by atoms with E-state index >= 15 is 0 Å². The fourth-order valence-electron chi connectivity index (χ4n) is 4.97. The lowest BCUT2D eigenvalue weighted by Gasteiger charge is -2.58. The average Bonchev–Trinajstić information content (AvgIpc) is 2.47. The molecule has 0 radical (unpaired) electrons. The largest absolute Gasteiger partial charge is 0.314 e. The molecular formula is C18H36N2. The predicted molar refractivity (Wildman–Crippen MR) is 88.2 cm³/mol. The van der Waals surface area contributed by atoms with Crippen molar-refractivity contribution in [3.8, 4) is 0 Å². The average molecular weight is 280 g/mol. The molecule has 2 heteroatoms. The van der Waals surface area contributed by atoms with Crippen LogP contribution in [0.1, 0.15) is 85.5 Å². The summed E-state index contributed by atoms with van der Waals surface area (Å²) in [6.07, 6.45) is 12.3. The Kier molecular flexibility index (Phi) is 5.92. The van der Waals surface area contributed by atoms with Crippen LogP contribution in [0.15, 0.2) is 0 Å². The van der Waals surface area contributed by atoms with Crippen molar-refractivity contribution >= 4 is 0 Å². The van der Waals surface area contributed by atoms with Crippen LogP contribution in [0, 0.1) is 0 Å². The summed E-state index contributed by atoms with van der Waals surface area (Å²) in [6, 6.07) is 2.47. The molecule has 20 heavy (non-hydrogen) atoms. The number of rotatable bonds is 7. The molecule has 0 aromatic rings. The molecule has 118 valence electrons. The van der Waals surface area contributed by atoms with E-state index in [1.54, 1.807) is 0 Å². The summed E-state index contributed by atoms with van der Waals surface area (Å²) >= 11 is 0. The van der Waals surface area contributed by atoms with Crippen molar-refractivity contribution in [1.82, 2.24) is 10.2 Å². The van der Waals surface area contributed by atoms with Crippen molar-refractivity contribution in [3.05, 3.63) is 0 Å². The Bertz CT molecular complexity index is 263. The lowest BCUT2D eigenvalue weighted by Crippen LogP contribution is -2.64. The van der Waals surface area contributed by atoms with Gasteiger partial charge in [0, 0.05) is 23.7 Å². The highest BCUT2D eigenvalue weighted by Gasteiger charge is 2.46. The molecule has 2 rings (SSSR count). The third-order valence-corrected chi connectivity index (χ3v) is 6.18. The molecule has 0 aromatic carbocycles. The maximum atomic E-state index is 3.80. The van der Waals surface area contributed by atoms with Crippen LogP contribution in [0.25, 0.3) is 0 Å². The maximum absolute atomic E-state index is 3.80. The summed E-state index contributed by atoms with van der Waals surface area (Å²) in [5.41, 5.74) is 0.478. The molecule has 0 aliphatic carbocycles. The second-order valence-electron chi connectivity index (χ2n) is 7.05. The summed E-state index contributed by atoms with van der Waals surface area (Å²) in [6.45, 7) is 10.7. The van der Waals surface area contributed by atoms with E-state index in [4.69, 9.17) is 0 Å². The van der Waals surface area contributed by atoms with Gasteiger partial charge in [0.05, 0.1) is 0 Å². The van der Waals surface area contributed by atoms with Gasteiger partial charge >= 0.3 is 0 Å². The smallest absolute Gasteiger partial charge is 0.0207 e. The zero-order chi connectivity index (χ0) is 14.6. The second kappa shape index (κ2) is 7.26. The molecule has 2 nitrogen and oxygen atoms in total. The molecular weight excluding hydrogens is 244 g/mol. The molecule has 1 N–H and O–H groups in total. The molecule has 2 fully saturated rings. The minimum atomic E-state index is 0.478. The number of nitrogens with one attached hydrogen (secondary N) is 1. The first-order valence-corrected chi connectivity index (χ1v) is 9.22. The zero-order valence-electron chi connectivity index (χ0n) is 14.3. The molecule has 2 heterocycles. The lowest BCUT2D eigenvalue weighted by molar-refractivity contribution is -0.0694. The van der Waals surface area contributed by atoms with Crippen LogP contribution >= 0.6 is 0 Å². The molecule has 2 bridgehead atoms. The lowest BCUT2D eigenvalue weighted by atomic mass is 9.75. The number of hydrogen-bond donors (Lipinski definition) is 1. The quantitative estimate of drug-likeness (QED) is 0.746. The van der Waals surface area contributed by atoms with E-state index < -0.39 is 0 Å². The molecule has 2 unspecified atom stereocenters. The van der Waals surface area contributed by atoms with Crippen LogP contribution in [-0.4, -0.2) is 35.1 Å². The van der Waals surface area contributed by atoms with Crippen molar-refractivity contribution < 1.29 is 0 Å². The van der Waals surface area contributed by atoms with Crippen LogP contribution < -0.4 is 5.32 Å². The van der Waals surface area contributed by atoms with Crippen LogP contribution in [-0.2, 0) is 0 Å².